The van der Waals surface area contributed by atoms with E-state index < -0.39 is 0 Å². The van der Waals surface area contributed by atoms with Crippen LogP contribution in [0.1, 0.15) is 347 Å². The van der Waals surface area contributed by atoms with Crippen LogP contribution < -0.4 is 47.9 Å². The molecule has 8 amide bonds. The summed E-state index contributed by atoms with van der Waals surface area (Å²) < 4.78 is 0. The lowest BCUT2D eigenvalue weighted by Crippen LogP contribution is -2.33. The SMILES string of the molecule is CC(=O)NCC(=O)Nc1ccc(CC(C)C)cc1.CC(=O)NCCCC(C)C.CC(=O)NCCCCC(C)C.CC(=O)NCc1ccc(CC(C)C)cc1.CC(=O)NCc1ccc(CC(C)C)cc1.CC(=O)c1ccc(CC(C)C)cc1.CC(C)CCCCNC(=O)c1ccccc1.CC(C)Cc1ccc(NCCN2CCCCC2)cc1.CCC(=O)Nc1ccc(CC(C)C)cc1.CCc1ccc(CC(C)C)cc1. The van der Waals surface area contributed by atoms with Crippen molar-refractivity contribution in [2.75, 3.05) is 68.3 Å². The van der Waals surface area contributed by atoms with Gasteiger partial charge in [-0.05, 0) is 273 Å². The largest absolute Gasteiger partial charge is 0.384 e. The third-order valence-electron chi connectivity index (χ3n) is 22.3. The average molecular weight is 1980 g/mol. The molecule has 1 saturated heterocycles. The highest BCUT2D eigenvalue weighted by Crippen LogP contribution is 2.20. The van der Waals surface area contributed by atoms with E-state index >= 15 is 0 Å². The summed E-state index contributed by atoms with van der Waals surface area (Å²) in [6, 6.07) is 67.8. The molecule has 0 spiro atoms. The van der Waals surface area contributed by atoms with Gasteiger partial charge in [-0.1, -0.05) is 336 Å². The zero-order valence-electron chi connectivity index (χ0n) is 94.7. The van der Waals surface area contributed by atoms with Crippen LogP contribution in [0.5, 0.6) is 0 Å². The standard InChI is InChI=1S/C17H28N2.C14H20N2O2.C14H21NO.3C13H19NO.C12H16O.C12H18.C9H19NO.C8H17NO/c1-15(2)14-16-6-8-17(9-7-16)18-10-13-19-11-4-3-5-12-19;1-10(2)8-12-4-6-13(7-5-12)16-14(18)9-15-11(3)17;1-12(2)8-6-7-11-15-14(16)13-9-4-3-5-10-13;2*1-10(2)8-12-4-6-13(7-5-12)9-14-11(3)15;1-4-13(15)14-12-7-5-11(6-8-12)9-10(2)3;1-9(2)8-11-4-6-12(7-5-11)10(3)13;1-4-11-5-7-12(8-6-11)9-10(2)3;1-8(2)6-4-5-7-10-9(3)11;1-7(2)5-4-6-9-8(3)10/h6-9,15,18H,3-5,10-14H2,1-2H3;4-7,10H,8-9H2,1-3H3,(H,15,17)(H,16,18);3-5,9-10,12H,6-8,11H2,1-2H3,(H,15,16);2*4-7,10H,8-9H2,1-3H3,(H,14,15);5-8,10H,4,9H2,1-3H3,(H,14,15);4-7,9H,8H2,1-3H3;5-8,10H,4,9H2,1-3H3;8H,4-7H2,1-3H3,(H,10,11);7H,4-6H2,1-3H3,(H,9,10). The molecular formula is C125H196N10O9. The predicted molar refractivity (Wildman–Crippen MR) is 612 cm³/mol. The average Bonchev–Trinajstić information content (AvgIpc) is 0.893. The van der Waals surface area contributed by atoms with Crippen LogP contribution in [-0.4, -0.2) is 110 Å². The second kappa shape index (κ2) is 82.2. The van der Waals surface area contributed by atoms with Gasteiger partial charge in [-0.3, -0.25) is 43.2 Å². The Morgan fingerprint density at radius 2 is 0.562 bits per heavy atom. The number of carbonyl (C=O) groups is 9. The number of anilines is 3. The monoisotopic (exact) mass is 1980 g/mol. The van der Waals surface area contributed by atoms with Crippen molar-refractivity contribution in [3.05, 3.63) is 267 Å². The maximum Gasteiger partial charge on any atom is 0.251 e. The minimum atomic E-state index is -0.221. The second-order valence-corrected chi connectivity index (χ2v) is 42.2. The van der Waals surface area contributed by atoms with Crippen molar-refractivity contribution in [2.45, 2.75) is 335 Å². The van der Waals surface area contributed by atoms with Crippen LogP contribution in [0.25, 0.3) is 0 Å². The Hall–Kier alpha value is -11.1. The third-order valence-corrected chi connectivity index (χ3v) is 22.3. The number of nitrogens with zero attached hydrogens (tertiary/aromatic N) is 1. The van der Waals surface area contributed by atoms with E-state index in [0.717, 1.165) is 147 Å². The minimum Gasteiger partial charge on any atom is -0.384 e. The lowest BCUT2D eigenvalue weighted by Gasteiger charge is -2.26. The summed E-state index contributed by atoms with van der Waals surface area (Å²) in [7, 11) is 0. The number of hydrogen-bond donors (Lipinski definition) is 9. The quantitative estimate of drug-likeness (QED) is 0.0128. The number of amides is 8. The smallest absolute Gasteiger partial charge is 0.251 e. The molecule has 9 N–H and O–H groups in total. The number of nitrogens with one attached hydrogen (secondary N) is 9. The first-order valence-electron chi connectivity index (χ1n) is 54.0. The molecule has 0 aliphatic carbocycles. The van der Waals surface area contributed by atoms with Crippen molar-refractivity contribution >= 4 is 70.1 Å². The summed E-state index contributed by atoms with van der Waals surface area (Å²) in [4.78, 5) is 101. The lowest BCUT2D eigenvalue weighted by molar-refractivity contribution is -0.122. The Morgan fingerprint density at radius 3 is 0.875 bits per heavy atom. The summed E-state index contributed by atoms with van der Waals surface area (Å²) in [6.45, 7) is 66.0. The summed E-state index contributed by atoms with van der Waals surface area (Å²) in [5.41, 5.74) is 17.7. The number of aryl methyl sites for hydroxylation is 1. The van der Waals surface area contributed by atoms with Crippen LogP contribution in [0.15, 0.2) is 200 Å². The van der Waals surface area contributed by atoms with Crippen LogP contribution >= 0.6 is 0 Å². The van der Waals surface area contributed by atoms with Gasteiger partial charge >= 0.3 is 0 Å². The van der Waals surface area contributed by atoms with Crippen molar-refractivity contribution < 1.29 is 43.2 Å². The van der Waals surface area contributed by atoms with Gasteiger partial charge in [0.25, 0.3) is 5.91 Å². The van der Waals surface area contributed by atoms with Gasteiger partial charge in [0.15, 0.2) is 5.78 Å². The molecule has 8 aromatic rings. The van der Waals surface area contributed by atoms with E-state index in [0.29, 0.717) is 49.1 Å². The number of piperidine rings is 1. The number of benzene rings is 8. The Kier molecular flexibility index (Phi) is 75.9. The molecule has 0 atom stereocenters. The molecule has 19 heteroatoms. The van der Waals surface area contributed by atoms with Crippen LogP contribution in [0.3, 0.4) is 0 Å². The van der Waals surface area contributed by atoms with Crippen molar-refractivity contribution in [2.24, 2.45) is 59.2 Å². The molecule has 8 aromatic carbocycles. The molecule has 1 fully saturated rings. The van der Waals surface area contributed by atoms with Gasteiger partial charge in [-0.15, -0.1) is 0 Å². The first-order chi connectivity index (χ1) is 68.2. The molecule has 0 aromatic heterocycles. The summed E-state index contributed by atoms with van der Waals surface area (Å²) in [5, 5.41) is 25.6. The van der Waals surface area contributed by atoms with Gasteiger partial charge in [0.1, 0.15) is 0 Å². The number of rotatable bonds is 44. The van der Waals surface area contributed by atoms with Gasteiger partial charge in [0.05, 0.1) is 6.54 Å². The Balaban J connectivity index is 0.00000159. The molecule has 19 nitrogen and oxygen atoms in total. The van der Waals surface area contributed by atoms with E-state index in [1.807, 2.05) is 97.9 Å². The molecule has 0 saturated carbocycles. The molecule has 144 heavy (non-hydrogen) atoms. The van der Waals surface area contributed by atoms with E-state index in [2.05, 4.69) is 307 Å². The van der Waals surface area contributed by atoms with Crippen molar-refractivity contribution in [1.82, 2.24) is 36.8 Å². The van der Waals surface area contributed by atoms with Gasteiger partial charge in [0, 0.05) is 115 Å². The molecular weight excluding hydrogens is 1790 g/mol. The van der Waals surface area contributed by atoms with E-state index in [1.54, 1.807) is 20.8 Å². The molecule has 9 rings (SSSR count). The van der Waals surface area contributed by atoms with Crippen LogP contribution in [-0.2, 0) is 98.0 Å². The lowest BCUT2D eigenvalue weighted by atomic mass is 10.0. The zero-order chi connectivity index (χ0) is 108. The van der Waals surface area contributed by atoms with Crippen molar-refractivity contribution in [1.29, 1.82) is 0 Å². The first-order valence-corrected chi connectivity index (χ1v) is 54.0. The maximum absolute atomic E-state index is 11.6. The fourth-order valence-corrected chi connectivity index (χ4v) is 14.8. The maximum atomic E-state index is 11.6. The summed E-state index contributed by atoms with van der Waals surface area (Å²) in [5.74, 6) is 7.08. The Morgan fingerprint density at radius 1 is 0.271 bits per heavy atom. The van der Waals surface area contributed by atoms with E-state index in [4.69, 9.17) is 0 Å². The predicted octanol–water partition coefficient (Wildman–Crippen LogP) is 27.3. The number of likely N-dealkylation sites (tertiary alicyclic amines) is 1. The number of ketones is 1. The van der Waals surface area contributed by atoms with Crippen LogP contribution in [0, 0.1) is 59.2 Å². The summed E-state index contributed by atoms with van der Waals surface area (Å²) in [6.07, 6.45) is 23.0. The van der Waals surface area contributed by atoms with Crippen molar-refractivity contribution in [3.8, 4) is 0 Å². The molecule has 800 valence electrons. The molecule has 1 heterocycles. The zero-order valence-corrected chi connectivity index (χ0v) is 94.7. The molecule has 0 unspecified atom stereocenters. The number of hydrogen-bond acceptors (Lipinski definition) is 11. The van der Waals surface area contributed by atoms with E-state index in [-0.39, 0.29) is 59.6 Å². The highest BCUT2D eigenvalue weighted by Gasteiger charge is 2.13. The fraction of sp³-hybridized carbons (Fsp3) is 0.544. The fourth-order valence-electron chi connectivity index (χ4n) is 14.8. The Labute approximate surface area is 874 Å². The van der Waals surface area contributed by atoms with E-state index in [1.165, 1.54) is 155 Å². The van der Waals surface area contributed by atoms with Crippen molar-refractivity contribution in [3.63, 3.8) is 0 Å². The van der Waals surface area contributed by atoms with Crippen LogP contribution in [0.2, 0.25) is 0 Å². The molecule has 1 aliphatic rings. The van der Waals surface area contributed by atoms with Gasteiger partial charge in [0.2, 0.25) is 41.4 Å². The normalized spacial score (nSPS) is 11.2. The topological polar surface area (TPSA) is 265 Å². The molecule has 1 aliphatic heterocycles. The van der Waals surface area contributed by atoms with Gasteiger partial charge < -0.3 is 52.8 Å². The Bertz CT molecular complexity index is 4590. The number of unbranched alkanes of at least 4 members (excludes halogenated alkanes) is 2. The van der Waals surface area contributed by atoms with E-state index in [9.17, 15) is 43.2 Å². The third kappa shape index (κ3) is 79.3. The summed E-state index contributed by atoms with van der Waals surface area (Å²) >= 11 is 0. The minimum absolute atomic E-state index is 0.00305. The second-order valence-electron chi connectivity index (χ2n) is 42.2. The number of carbonyl (C=O) groups excluding carboxylic acids is 9. The van der Waals surface area contributed by atoms with Crippen LogP contribution in [0.4, 0.5) is 17.1 Å². The highest BCUT2D eigenvalue weighted by molar-refractivity contribution is 5.95. The van der Waals surface area contributed by atoms with Gasteiger partial charge in [-0.2, -0.15) is 0 Å². The molecule has 0 radical (unpaired) electrons. The van der Waals surface area contributed by atoms with Gasteiger partial charge in [-0.25, -0.2) is 0 Å². The first kappa shape index (κ1) is 133. The number of Topliss-reactive ketones (excluding diaryl/α,β-unsaturated/α-hetero) is 1. The highest BCUT2D eigenvalue weighted by atomic mass is 16.2. The molecule has 0 bridgehead atoms.